The van der Waals surface area contributed by atoms with Gasteiger partial charge in [-0.25, -0.2) is 13.2 Å². The molecule has 0 bridgehead atoms. The van der Waals surface area contributed by atoms with E-state index in [9.17, 15) is 13.2 Å². The predicted molar refractivity (Wildman–Crippen MR) is 103 cm³/mol. The fourth-order valence-electron chi connectivity index (χ4n) is 2.50. The lowest BCUT2D eigenvalue weighted by atomic mass is 10.1. The van der Waals surface area contributed by atoms with E-state index in [0.717, 1.165) is 6.07 Å². The molecule has 0 amide bonds. The average Bonchev–Trinajstić information content (AvgIpc) is 3.12. The number of carboxylic acids is 1. The maximum Gasteiger partial charge on any atom is 0.335 e. The highest BCUT2D eigenvalue weighted by atomic mass is 32.2. The van der Waals surface area contributed by atoms with Gasteiger partial charge in [-0.1, -0.05) is 25.1 Å². The molecule has 3 rings (SSSR count). The van der Waals surface area contributed by atoms with Gasteiger partial charge in [0, 0.05) is 17.2 Å². The maximum atomic E-state index is 12.7. The van der Waals surface area contributed by atoms with E-state index >= 15 is 0 Å². The number of aromatic nitrogens is 2. The Morgan fingerprint density at radius 3 is 2.39 bits per heavy atom. The summed E-state index contributed by atoms with van der Waals surface area (Å²) in [6.45, 7) is 5.51. The minimum atomic E-state index is -3.95. The van der Waals surface area contributed by atoms with Gasteiger partial charge in [0.05, 0.1) is 10.5 Å². The van der Waals surface area contributed by atoms with Crippen LogP contribution in [0.2, 0.25) is 0 Å². The Labute approximate surface area is 162 Å². The third kappa shape index (κ3) is 4.04. The molecule has 0 saturated heterocycles. The molecular formula is C19H19N3O5S. The van der Waals surface area contributed by atoms with Gasteiger partial charge in [-0.3, -0.25) is 4.72 Å². The van der Waals surface area contributed by atoms with Crippen LogP contribution in [0.3, 0.4) is 0 Å². The van der Waals surface area contributed by atoms with Crippen LogP contribution in [0.15, 0.2) is 51.9 Å². The number of hydrogen-bond donors (Lipinski definition) is 2. The molecule has 146 valence electrons. The number of nitrogens with zero attached hydrogens (tertiary/aromatic N) is 2. The summed E-state index contributed by atoms with van der Waals surface area (Å²) in [5.74, 6) is -0.119. The zero-order chi connectivity index (χ0) is 20.5. The highest BCUT2D eigenvalue weighted by molar-refractivity contribution is 7.92. The van der Waals surface area contributed by atoms with Crippen molar-refractivity contribution in [3.63, 3.8) is 0 Å². The molecule has 0 saturated carbocycles. The Kier molecular flexibility index (Phi) is 5.19. The van der Waals surface area contributed by atoms with Crippen molar-refractivity contribution in [1.29, 1.82) is 0 Å². The highest BCUT2D eigenvalue weighted by Gasteiger charge is 2.19. The third-order valence-corrected chi connectivity index (χ3v) is 5.59. The van der Waals surface area contributed by atoms with E-state index in [0.29, 0.717) is 28.5 Å². The van der Waals surface area contributed by atoms with Gasteiger partial charge >= 0.3 is 5.97 Å². The molecule has 28 heavy (non-hydrogen) atoms. The largest absolute Gasteiger partial charge is 0.478 e. The lowest BCUT2D eigenvalue weighted by molar-refractivity contribution is 0.0696. The quantitative estimate of drug-likeness (QED) is 0.646. The number of benzene rings is 2. The minimum Gasteiger partial charge on any atom is -0.478 e. The van der Waals surface area contributed by atoms with E-state index in [1.54, 1.807) is 31.2 Å². The molecule has 0 atom stereocenters. The molecular weight excluding hydrogens is 382 g/mol. The van der Waals surface area contributed by atoms with Gasteiger partial charge in [0.15, 0.2) is 5.82 Å². The summed E-state index contributed by atoms with van der Waals surface area (Å²) in [7, 11) is -3.95. The third-order valence-electron chi connectivity index (χ3n) is 4.07. The van der Waals surface area contributed by atoms with Crippen molar-refractivity contribution in [2.75, 3.05) is 4.72 Å². The summed E-state index contributed by atoms with van der Waals surface area (Å²) in [6.07, 6.45) is 0. The second-order valence-electron chi connectivity index (χ2n) is 6.58. The van der Waals surface area contributed by atoms with Gasteiger partial charge in [0.25, 0.3) is 15.9 Å². The Morgan fingerprint density at radius 2 is 1.82 bits per heavy atom. The number of aryl methyl sites for hydroxylation is 1. The van der Waals surface area contributed by atoms with Gasteiger partial charge in [0.1, 0.15) is 0 Å². The molecule has 0 aliphatic heterocycles. The molecule has 2 aromatic carbocycles. The number of carbonyl (C=O) groups is 1. The van der Waals surface area contributed by atoms with Crippen LogP contribution in [0.25, 0.3) is 11.5 Å². The van der Waals surface area contributed by atoms with Crippen LogP contribution in [0.1, 0.15) is 41.5 Å². The second kappa shape index (κ2) is 7.43. The second-order valence-corrected chi connectivity index (χ2v) is 8.23. The van der Waals surface area contributed by atoms with E-state index < -0.39 is 16.0 Å². The topological polar surface area (TPSA) is 122 Å². The van der Waals surface area contributed by atoms with E-state index in [2.05, 4.69) is 14.9 Å². The zero-order valence-electron chi connectivity index (χ0n) is 15.5. The number of carboxylic acid groups (broad SMARTS) is 1. The van der Waals surface area contributed by atoms with Gasteiger partial charge in [-0.15, -0.1) is 0 Å². The first kappa shape index (κ1) is 19.6. The monoisotopic (exact) mass is 401 g/mol. The first-order valence-electron chi connectivity index (χ1n) is 8.48. The van der Waals surface area contributed by atoms with Crippen molar-refractivity contribution in [2.24, 2.45) is 0 Å². The summed E-state index contributed by atoms with van der Waals surface area (Å²) in [5.41, 5.74) is 1.33. The van der Waals surface area contributed by atoms with Crippen molar-refractivity contribution in [1.82, 2.24) is 10.1 Å². The van der Waals surface area contributed by atoms with Crippen LogP contribution in [-0.2, 0) is 10.0 Å². The first-order valence-corrected chi connectivity index (χ1v) is 9.96. The summed E-state index contributed by atoms with van der Waals surface area (Å²) < 4.78 is 33.0. The van der Waals surface area contributed by atoms with Crippen LogP contribution in [0.4, 0.5) is 5.69 Å². The fraction of sp³-hybridized carbons (Fsp3) is 0.211. The van der Waals surface area contributed by atoms with Crippen molar-refractivity contribution in [3.05, 3.63) is 59.4 Å². The Hall–Kier alpha value is -3.20. The van der Waals surface area contributed by atoms with Crippen LogP contribution in [0.5, 0.6) is 0 Å². The number of aromatic carboxylic acids is 1. The molecule has 0 aliphatic rings. The molecule has 0 fully saturated rings. The normalized spacial score (nSPS) is 11.6. The average molecular weight is 401 g/mol. The fourth-order valence-corrected chi connectivity index (χ4v) is 3.83. The van der Waals surface area contributed by atoms with E-state index in [4.69, 9.17) is 9.63 Å². The standard InChI is InChI=1S/C19H19N3O5S/c1-11(2)17-20-18(27-21-17)13-6-8-15(9-7-13)22-28(25,26)16-10-14(19(23)24)5-4-12(16)3/h4-11,22H,1-3H3,(H,23,24). The van der Waals surface area contributed by atoms with Crippen molar-refractivity contribution in [3.8, 4) is 11.5 Å². The molecule has 2 N–H and O–H groups in total. The van der Waals surface area contributed by atoms with Gasteiger partial charge in [-0.05, 0) is 48.9 Å². The molecule has 0 aliphatic carbocycles. The number of anilines is 1. The van der Waals surface area contributed by atoms with Crippen molar-refractivity contribution < 1.29 is 22.8 Å². The molecule has 0 unspecified atom stereocenters. The van der Waals surface area contributed by atoms with Crippen LogP contribution >= 0.6 is 0 Å². The number of nitrogens with one attached hydrogen (secondary N) is 1. The number of rotatable bonds is 6. The Balaban J connectivity index is 1.85. The summed E-state index contributed by atoms with van der Waals surface area (Å²) in [4.78, 5) is 15.3. The van der Waals surface area contributed by atoms with E-state index in [1.807, 2.05) is 13.8 Å². The number of sulfonamides is 1. The van der Waals surface area contributed by atoms with Crippen LogP contribution in [-0.4, -0.2) is 29.6 Å². The lowest BCUT2D eigenvalue weighted by Gasteiger charge is -2.11. The summed E-state index contributed by atoms with van der Waals surface area (Å²) in [5, 5.41) is 13.0. The maximum absolute atomic E-state index is 12.7. The Morgan fingerprint density at radius 1 is 1.14 bits per heavy atom. The van der Waals surface area contributed by atoms with E-state index in [-0.39, 0.29) is 16.4 Å². The zero-order valence-corrected chi connectivity index (χ0v) is 16.3. The van der Waals surface area contributed by atoms with Crippen molar-refractivity contribution >= 4 is 21.7 Å². The molecule has 8 nitrogen and oxygen atoms in total. The molecule has 3 aromatic rings. The molecule has 0 radical (unpaired) electrons. The first-order chi connectivity index (χ1) is 13.2. The highest BCUT2D eigenvalue weighted by Crippen LogP contribution is 2.24. The molecule has 9 heteroatoms. The van der Waals surface area contributed by atoms with E-state index in [1.165, 1.54) is 12.1 Å². The van der Waals surface area contributed by atoms with Gasteiger partial charge in [0.2, 0.25) is 0 Å². The van der Waals surface area contributed by atoms with Crippen LogP contribution in [0, 0.1) is 6.92 Å². The molecule has 1 heterocycles. The summed E-state index contributed by atoms with van der Waals surface area (Å²) in [6, 6.07) is 10.4. The smallest absolute Gasteiger partial charge is 0.335 e. The lowest BCUT2D eigenvalue weighted by Crippen LogP contribution is -2.15. The molecule has 1 aromatic heterocycles. The molecule has 0 spiro atoms. The van der Waals surface area contributed by atoms with Gasteiger partial charge < -0.3 is 9.63 Å². The van der Waals surface area contributed by atoms with Crippen molar-refractivity contribution in [2.45, 2.75) is 31.6 Å². The SMILES string of the molecule is Cc1ccc(C(=O)O)cc1S(=O)(=O)Nc1ccc(-c2nc(C(C)C)no2)cc1. The van der Waals surface area contributed by atoms with Gasteiger partial charge in [-0.2, -0.15) is 4.98 Å². The predicted octanol–water partition coefficient (Wildman–Crippen LogP) is 3.67. The number of hydrogen-bond acceptors (Lipinski definition) is 6. The summed E-state index contributed by atoms with van der Waals surface area (Å²) >= 11 is 0. The van der Waals surface area contributed by atoms with Crippen LogP contribution < -0.4 is 4.72 Å². The minimum absolute atomic E-state index is 0.0880. The Bertz CT molecular complexity index is 1120.